The largest absolute Gasteiger partial charge is 0.491 e. The second kappa shape index (κ2) is 8.53. The second-order valence-corrected chi connectivity index (χ2v) is 5.94. The molecule has 2 rings (SSSR count). The zero-order chi connectivity index (χ0) is 18.4. The molecule has 0 saturated carbocycles. The molecule has 1 aliphatic rings. The Bertz CT molecular complexity index is 644. The summed E-state index contributed by atoms with van der Waals surface area (Å²) >= 11 is 0. The van der Waals surface area contributed by atoms with Gasteiger partial charge in [0.2, 0.25) is 0 Å². The van der Waals surface area contributed by atoms with Gasteiger partial charge >= 0.3 is 12.0 Å². The summed E-state index contributed by atoms with van der Waals surface area (Å²) in [6.45, 7) is 8.06. The van der Waals surface area contributed by atoms with E-state index in [9.17, 15) is 9.59 Å². The Balaban J connectivity index is 2.32. The van der Waals surface area contributed by atoms with E-state index in [2.05, 4.69) is 17.2 Å². The fourth-order valence-electron chi connectivity index (χ4n) is 2.64. The zero-order valence-corrected chi connectivity index (χ0v) is 14.7. The average Bonchev–Trinajstić information content (AvgIpc) is 2.54. The molecule has 1 fully saturated rings. The number of hydrogen-bond donors (Lipinski definition) is 2. The number of esters is 1. The van der Waals surface area contributed by atoms with Crippen molar-refractivity contribution in [2.24, 2.45) is 5.92 Å². The van der Waals surface area contributed by atoms with Crippen LogP contribution >= 0.6 is 0 Å². The van der Waals surface area contributed by atoms with Crippen molar-refractivity contribution in [1.82, 2.24) is 10.6 Å². The molecule has 0 aliphatic carbocycles. The minimum absolute atomic E-state index is 0.0473. The molecule has 1 saturated heterocycles. The number of methoxy groups -OCH3 is 1. The normalized spacial score (nSPS) is 20.0. The molecule has 0 radical (unpaired) electrons. The van der Waals surface area contributed by atoms with Gasteiger partial charge in [-0.15, -0.1) is 0 Å². The van der Waals surface area contributed by atoms with Crippen molar-refractivity contribution >= 4 is 12.0 Å². The van der Waals surface area contributed by atoms with Crippen molar-refractivity contribution in [3.63, 3.8) is 0 Å². The lowest BCUT2D eigenvalue weighted by Gasteiger charge is -2.34. The van der Waals surface area contributed by atoms with Crippen LogP contribution in [0.4, 0.5) is 4.79 Å². The highest BCUT2D eigenvalue weighted by molar-refractivity contribution is 5.85. The minimum Gasteiger partial charge on any atom is -0.491 e. The molecule has 0 spiro atoms. The topological polar surface area (TPSA) is 85.9 Å². The number of carbonyl (C=O) groups excluding carboxylic acids is 2. The maximum Gasteiger partial charge on any atom is 0.319 e. The fraction of sp³-hybridized carbons (Fsp3) is 0.444. The van der Waals surface area contributed by atoms with Gasteiger partial charge in [0.25, 0.3) is 0 Å². The first-order valence-electron chi connectivity index (χ1n) is 8.11. The van der Waals surface area contributed by atoms with Crippen molar-refractivity contribution in [3.05, 3.63) is 42.1 Å². The number of amides is 2. The van der Waals surface area contributed by atoms with Crippen molar-refractivity contribution in [2.75, 3.05) is 20.3 Å². The monoisotopic (exact) mass is 348 g/mol. The first kappa shape index (κ1) is 18.8. The van der Waals surface area contributed by atoms with E-state index in [-0.39, 0.29) is 18.4 Å². The highest BCUT2D eigenvalue weighted by atomic mass is 16.6. The lowest BCUT2D eigenvalue weighted by atomic mass is 9.88. The molecule has 1 aromatic carbocycles. The first-order chi connectivity index (χ1) is 11.9. The van der Waals surface area contributed by atoms with Crippen LogP contribution in [0.25, 0.3) is 0 Å². The van der Waals surface area contributed by atoms with Crippen LogP contribution in [0.3, 0.4) is 0 Å². The molecule has 1 aliphatic heterocycles. The smallest absolute Gasteiger partial charge is 0.319 e. The third-order valence-electron chi connectivity index (χ3n) is 3.67. The van der Waals surface area contributed by atoms with Crippen molar-refractivity contribution in [3.8, 4) is 5.75 Å². The van der Waals surface area contributed by atoms with Crippen LogP contribution in [0.5, 0.6) is 5.75 Å². The summed E-state index contributed by atoms with van der Waals surface area (Å²) in [7, 11) is 1.53. The van der Waals surface area contributed by atoms with Gasteiger partial charge in [-0.2, -0.15) is 0 Å². The molecule has 7 nitrogen and oxygen atoms in total. The van der Waals surface area contributed by atoms with E-state index in [1.54, 1.807) is 6.07 Å². The Labute approximate surface area is 147 Å². The van der Waals surface area contributed by atoms with E-state index in [4.69, 9.17) is 14.2 Å². The Morgan fingerprint density at radius 3 is 2.68 bits per heavy atom. The molecule has 1 aromatic rings. The summed E-state index contributed by atoms with van der Waals surface area (Å²) < 4.78 is 16.0. The summed E-state index contributed by atoms with van der Waals surface area (Å²) in [6.07, 6.45) is -0.0473. The van der Waals surface area contributed by atoms with E-state index in [0.717, 1.165) is 0 Å². The second-order valence-electron chi connectivity index (χ2n) is 5.94. The molecule has 2 N–H and O–H groups in total. The van der Waals surface area contributed by atoms with Crippen LogP contribution < -0.4 is 15.4 Å². The predicted octanol–water partition coefficient (Wildman–Crippen LogP) is 2.15. The summed E-state index contributed by atoms with van der Waals surface area (Å²) in [4.78, 5) is 24.5. The standard InChI is InChI=1S/C18H24N2O5/c1-11(2)25-14-8-6-5-7-13(14)16-15(12(3)19-18(22)20-16)17(21)24-10-9-23-4/h5-8,11,15-16H,3,9-10H2,1-2,4H3,(H2,19,20,22)/t15-,16+/m1/s1. The summed E-state index contributed by atoms with van der Waals surface area (Å²) in [6, 6.07) is 6.23. The lowest BCUT2D eigenvalue weighted by molar-refractivity contribution is -0.149. The van der Waals surface area contributed by atoms with Crippen molar-refractivity contribution < 1.29 is 23.8 Å². The predicted molar refractivity (Wildman–Crippen MR) is 92.1 cm³/mol. The van der Waals surface area contributed by atoms with E-state index in [1.165, 1.54) is 7.11 Å². The summed E-state index contributed by atoms with van der Waals surface area (Å²) in [5.74, 6) is -0.655. The molecule has 1 heterocycles. The maximum atomic E-state index is 12.5. The van der Waals surface area contributed by atoms with Crippen molar-refractivity contribution in [2.45, 2.75) is 26.0 Å². The van der Waals surface area contributed by atoms with Crippen LogP contribution in [0.2, 0.25) is 0 Å². The molecule has 0 unspecified atom stereocenters. The van der Waals surface area contributed by atoms with Gasteiger partial charge in [-0.05, 0) is 19.9 Å². The Kier molecular flexibility index (Phi) is 6.41. The molecule has 2 amide bonds. The van der Waals surface area contributed by atoms with E-state index >= 15 is 0 Å². The molecule has 0 aromatic heterocycles. The van der Waals surface area contributed by atoms with Crippen LogP contribution in [-0.4, -0.2) is 38.4 Å². The van der Waals surface area contributed by atoms with Gasteiger partial charge in [-0.25, -0.2) is 4.79 Å². The fourth-order valence-corrected chi connectivity index (χ4v) is 2.64. The Morgan fingerprint density at radius 1 is 1.28 bits per heavy atom. The number of hydrogen-bond acceptors (Lipinski definition) is 5. The quantitative estimate of drug-likeness (QED) is 0.582. The first-order valence-corrected chi connectivity index (χ1v) is 8.11. The highest BCUT2D eigenvalue weighted by Crippen LogP contribution is 2.35. The van der Waals surface area contributed by atoms with Gasteiger partial charge in [0.15, 0.2) is 0 Å². The molecule has 7 heteroatoms. The molecular formula is C18H24N2O5. The minimum atomic E-state index is -0.772. The maximum absolute atomic E-state index is 12.5. The summed E-state index contributed by atoms with van der Waals surface area (Å²) in [5, 5.41) is 5.32. The lowest BCUT2D eigenvalue weighted by Crippen LogP contribution is -2.51. The van der Waals surface area contributed by atoms with E-state index < -0.39 is 24.0 Å². The van der Waals surface area contributed by atoms with Gasteiger partial charge < -0.3 is 24.8 Å². The third-order valence-corrected chi connectivity index (χ3v) is 3.67. The number of urea groups is 1. The number of rotatable bonds is 7. The van der Waals surface area contributed by atoms with Crippen LogP contribution in [0.15, 0.2) is 36.5 Å². The number of para-hydroxylation sites is 1. The Morgan fingerprint density at radius 2 is 2.00 bits per heavy atom. The molecule has 0 bridgehead atoms. The van der Waals surface area contributed by atoms with Gasteiger partial charge in [0.1, 0.15) is 18.3 Å². The van der Waals surface area contributed by atoms with Gasteiger partial charge in [0.05, 0.1) is 18.8 Å². The molecule has 2 atom stereocenters. The average molecular weight is 348 g/mol. The van der Waals surface area contributed by atoms with Gasteiger partial charge in [-0.1, -0.05) is 24.8 Å². The Hall–Kier alpha value is -2.54. The summed E-state index contributed by atoms with van der Waals surface area (Å²) in [5.41, 5.74) is 0.983. The van der Waals surface area contributed by atoms with E-state index in [0.29, 0.717) is 17.9 Å². The molecular weight excluding hydrogens is 324 g/mol. The SMILES string of the molecule is C=C1NC(=O)N[C@@H](c2ccccc2OC(C)C)[C@@H]1C(=O)OCCOC. The van der Waals surface area contributed by atoms with Crippen LogP contribution in [-0.2, 0) is 14.3 Å². The number of ether oxygens (including phenoxy) is 3. The highest BCUT2D eigenvalue weighted by Gasteiger charge is 2.40. The van der Waals surface area contributed by atoms with Gasteiger partial charge in [-0.3, -0.25) is 4.79 Å². The van der Waals surface area contributed by atoms with Crippen molar-refractivity contribution in [1.29, 1.82) is 0 Å². The number of nitrogens with one attached hydrogen (secondary N) is 2. The van der Waals surface area contributed by atoms with E-state index in [1.807, 2.05) is 32.0 Å². The molecule has 25 heavy (non-hydrogen) atoms. The number of carbonyl (C=O) groups is 2. The molecule has 136 valence electrons. The van der Waals surface area contributed by atoms with Crippen LogP contribution in [0.1, 0.15) is 25.5 Å². The van der Waals surface area contributed by atoms with Crippen LogP contribution in [0, 0.1) is 5.92 Å². The third kappa shape index (κ3) is 4.73. The number of benzene rings is 1. The zero-order valence-electron chi connectivity index (χ0n) is 14.7. The van der Waals surface area contributed by atoms with Gasteiger partial charge in [0, 0.05) is 18.4 Å².